The molecule has 3 fully saturated rings. The summed E-state index contributed by atoms with van der Waals surface area (Å²) in [7, 11) is -3.56. The van der Waals surface area contributed by atoms with Crippen LogP contribution in [0, 0.1) is 23.7 Å². The molecule has 1 aromatic rings. The molecule has 4 rings (SSSR count). The molecule has 2 N–H and O–H groups in total. The number of sulfonamides is 1. The third-order valence-corrected chi connectivity index (χ3v) is 8.08. The van der Waals surface area contributed by atoms with Gasteiger partial charge in [-0.25, -0.2) is 13.1 Å². The van der Waals surface area contributed by atoms with Gasteiger partial charge in [0.05, 0.1) is 11.5 Å². The summed E-state index contributed by atoms with van der Waals surface area (Å²) >= 11 is 0. The lowest BCUT2D eigenvalue weighted by Crippen LogP contribution is -2.40. The van der Waals surface area contributed by atoms with Gasteiger partial charge in [0.1, 0.15) is 6.61 Å². The van der Waals surface area contributed by atoms with E-state index in [9.17, 15) is 13.2 Å². The molecule has 0 saturated heterocycles. The van der Waals surface area contributed by atoms with Crippen LogP contribution in [0.5, 0.6) is 0 Å². The van der Waals surface area contributed by atoms with Gasteiger partial charge in [-0.3, -0.25) is 4.79 Å². The molecule has 154 valence electrons. The van der Waals surface area contributed by atoms with Crippen LogP contribution in [-0.4, -0.2) is 33.6 Å². The van der Waals surface area contributed by atoms with Crippen molar-refractivity contribution in [1.29, 1.82) is 0 Å². The average molecular weight is 407 g/mol. The zero-order valence-electron chi connectivity index (χ0n) is 16.4. The Kier molecular flexibility index (Phi) is 5.76. The summed E-state index contributed by atoms with van der Waals surface area (Å²) in [5, 5.41) is 2.74. The smallest absolute Gasteiger partial charge is 0.250 e. The van der Waals surface area contributed by atoms with Crippen molar-refractivity contribution in [3.05, 3.63) is 24.3 Å². The van der Waals surface area contributed by atoms with Gasteiger partial charge in [0.2, 0.25) is 15.9 Å². The molecule has 6 nitrogen and oxygen atoms in total. The molecule has 0 unspecified atom stereocenters. The number of carbonyl (C=O) groups excluding carboxylic acids is 1. The van der Waals surface area contributed by atoms with E-state index in [1.165, 1.54) is 44.2 Å². The van der Waals surface area contributed by atoms with E-state index in [0.29, 0.717) is 30.0 Å². The SMILES string of the molecule is C[C@H](NS(=O)(=O)c1ccc(NC(=O)COCC2CC2)cc1)[C@H]1C[C@H]2CC[C@H]1C2. The maximum absolute atomic E-state index is 12.7. The summed E-state index contributed by atoms with van der Waals surface area (Å²) in [6.45, 7) is 2.65. The number of carbonyl (C=O) groups is 1. The van der Waals surface area contributed by atoms with E-state index < -0.39 is 10.0 Å². The summed E-state index contributed by atoms with van der Waals surface area (Å²) in [6.07, 6.45) is 7.32. The first-order valence-electron chi connectivity index (χ1n) is 10.4. The van der Waals surface area contributed by atoms with Crippen molar-refractivity contribution in [2.45, 2.75) is 56.4 Å². The van der Waals surface area contributed by atoms with Crippen LogP contribution < -0.4 is 10.0 Å². The topological polar surface area (TPSA) is 84.5 Å². The number of nitrogens with one attached hydrogen (secondary N) is 2. The highest BCUT2D eigenvalue weighted by atomic mass is 32.2. The molecule has 0 radical (unpaired) electrons. The fraction of sp³-hybridized carbons (Fsp3) is 0.667. The fourth-order valence-corrected chi connectivity index (χ4v) is 6.12. The van der Waals surface area contributed by atoms with Crippen LogP contribution >= 0.6 is 0 Å². The second-order valence-electron chi connectivity index (χ2n) is 8.78. The van der Waals surface area contributed by atoms with Crippen LogP contribution in [0.3, 0.4) is 0 Å². The van der Waals surface area contributed by atoms with Gasteiger partial charge < -0.3 is 10.1 Å². The maximum Gasteiger partial charge on any atom is 0.250 e. The minimum Gasteiger partial charge on any atom is -0.371 e. The summed E-state index contributed by atoms with van der Waals surface area (Å²) in [6, 6.07) is 6.27. The van der Waals surface area contributed by atoms with E-state index in [0.717, 1.165) is 12.3 Å². The number of hydrogen-bond acceptors (Lipinski definition) is 4. The van der Waals surface area contributed by atoms with Gasteiger partial charge >= 0.3 is 0 Å². The molecule has 3 aliphatic rings. The van der Waals surface area contributed by atoms with Crippen molar-refractivity contribution in [1.82, 2.24) is 4.72 Å². The summed E-state index contributed by atoms with van der Waals surface area (Å²) < 4.78 is 33.7. The van der Waals surface area contributed by atoms with Crippen molar-refractivity contribution < 1.29 is 17.9 Å². The molecule has 0 aliphatic heterocycles. The lowest BCUT2D eigenvalue weighted by molar-refractivity contribution is -0.120. The highest BCUT2D eigenvalue weighted by Crippen LogP contribution is 2.49. The van der Waals surface area contributed by atoms with Crippen molar-refractivity contribution >= 4 is 21.6 Å². The molecule has 28 heavy (non-hydrogen) atoms. The van der Waals surface area contributed by atoms with E-state index in [2.05, 4.69) is 10.0 Å². The molecule has 0 spiro atoms. The predicted molar refractivity (Wildman–Crippen MR) is 107 cm³/mol. The Labute approximate surface area is 167 Å². The van der Waals surface area contributed by atoms with Gasteiger partial charge in [-0.2, -0.15) is 0 Å². The van der Waals surface area contributed by atoms with Crippen LogP contribution in [0.15, 0.2) is 29.2 Å². The Hall–Kier alpha value is -1.44. The molecule has 3 aliphatic carbocycles. The number of rotatable bonds is 9. The molecule has 0 heterocycles. The van der Waals surface area contributed by atoms with Gasteiger partial charge in [-0.15, -0.1) is 0 Å². The van der Waals surface area contributed by atoms with E-state index in [-0.39, 0.29) is 23.5 Å². The van der Waals surface area contributed by atoms with Crippen molar-refractivity contribution in [2.75, 3.05) is 18.5 Å². The fourth-order valence-electron chi connectivity index (χ4n) is 4.82. The van der Waals surface area contributed by atoms with Crippen LogP contribution in [-0.2, 0) is 19.6 Å². The number of ether oxygens (including phenoxy) is 1. The second kappa shape index (κ2) is 8.13. The Morgan fingerprint density at radius 1 is 1.14 bits per heavy atom. The Balaban J connectivity index is 1.29. The van der Waals surface area contributed by atoms with Gasteiger partial charge in [-0.1, -0.05) is 6.42 Å². The van der Waals surface area contributed by atoms with Gasteiger partial charge in [0.25, 0.3) is 0 Å². The van der Waals surface area contributed by atoms with Gasteiger partial charge in [0.15, 0.2) is 0 Å². The predicted octanol–water partition coefficient (Wildman–Crippen LogP) is 3.15. The number of anilines is 1. The summed E-state index contributed by atoms with van der Waals surface area (Å²) in [5.41, 5.74) is 0.570. The van der Waals surface area contributed by atoms with Gasteiger partial charge in [0, 0.05) is 11.7 Å². The zero-order valence-corrected chi connectivity index (χ0v) is 17.2. The highest BCUT2D eigenvalue weighted by Gasteiger charge is 2.42. The normalized spacial score (nSPS) is 27.7. The number of amides is 1. The summed E-state index contributed by atoms with van der Waals surface area (Å²) in [5.74, 6) is 2.30. The third kappa shape index (κ3) is 4.75. The first kappa shape index (κ1) is 19.9. The van der Waals surface area contributed by atoms with Crippen molar-refractivity contribution in [3.8, 4) is 0 Å². The van der Waals surface area contributed by atoms with Crippen LogP contribution in [0.2, 0.25) is 0 Å². The third-order valence-electron chi connectivity index (χ3n) is 6.51. The van der Waals surface area contributed by atoms with Gasteiger partial charge in [-0.05, 0) is 87.0 Å². The highest BCUT2D eigenvalue weighted by molar-refractivity contribution is 7.89. The quantitative estimate of drug-likeness (QED) is 0.660. The Morgan fingerprint density at radius 2 is 1.89 bits per heavy atom. The molecule has 4 atom stereocenters. The lowest BCUT2D eigenvalue weighted by atomic mass is 9.84. The minimum atomic E-state index is -3.56. The Bertz CT molecular complexity index is 804. The zero-order chi connectivity index (χ0) is 19.7. The average Bonchev–Trinajstić information content (AvgIpc) is 3.23. The van der Waals surface area contributed by atoms with E-state index in [1.54, 1.807) is 12.1 Å². The van der Waals surface area contributed by atoms with Crippen LogP contribution in [0.25, 0.3) is 0 Å². The minimum absolute atomic E-state index is 0.0270. The van der Waals surface area contributed by atoms with Crippen LogP contribution in [0.4, 0.5) is 5.69 Å². The first-order chi connectivity index (χ1) is 13.4. The number of fused-ring (bicyclic) bond motifs is 2. The number of hydrogen-bond donors (Lipinski definition) is 2. The standard InChI is InChI=1S/C21H30N2O4S/c1-14(20-11-16-4-5-17(20)10-16)23-28(25,26)19-8-6-18(7-9-19)22-21(24)13-27-12-15-2-3-15/h6-9,14-17,20,23H,2-5,10-13H2,1H3,(H,22,24)/t14-,16-,17-,20+/m0/s1. The monoisotopic (exact) mass is 406 g/mol. The second-order valence-corrected chi connectivity index (χ2v) is 10.5. The first-order valence-corrected chi connectivity index (χ1v) is 11.9. The molecular weight excluding hydrogens is 376 g/mol. The molecular formula is C21H30N2O4S. The van der Waals surface area contributed by atoms with E-state index >= 15 is 0 Å². The Morgan fingerprint density at radius 3 is 2.50 bits per heavy atom. The number of benzene rings is 1. The molecule has 1 aromatic carbocycles. The van der Waals surface area contributed by atoms with Crippen molar-refractivity contribution in [2.24, 2.45) is 23.7 Å². The van der Waals surface area contributed by atoms with E-state index in [4.69, 9.17) is 4.74 Å². The summed E-state index contributed by atoms with van der Waals surface area (Å²) in [4.78, 5) is 12.1. The van der Waals surface area contributed by atoms with E-state index in [1.807, 2.05) is 6.92 Å². The molecule has 2 bridgehead atoms. The molecule has 7 heteroatoms. The lowest BCUT2D eigenvalue weighted by Gasteiger charge is -2.28. The largest absolute Gasteiger partial charge is 0.371 e. The van der Waals surface area contributed by atoms with Crippen LogP contribution in [0.1, 0.15) is 45.4 Å². The molecule has 0 aromatic heterocycles. The molecule has 3 saturated carbocycles. The molecule has 1 amide bonds. The maximum atomic E-state index is 12.7. The van der Waals surface area contributed by atoms with Crippen molar-refractivity contribution in [3.63, 3.8) is 0 Å².